The molecule has 100 valence electrons. The first kappa shape index (κ1) is 15.0. The second kappa shape index (κ2) is 8.08. The zero-order valence-corrected chi connectivity index (χ0v) is 11.1. The lowest BCUT2D eigenvalue weighted by molar-refractivity contribution is -0.121. The van der Waals surface area contributed by atoms with E-state index in [1.807, 2.05) is 12.1 Å². The highest BCUT2D eigenvalue weighted by atomic mass is 35.5. The molecule has 0 aromatic heterocycles. The lowest BCUT2D eigenvalue weighted by atomic mass is 10.1. The number of hydrogen-bond acceptors (Lipinski definition) is 3. The van der Waals surface area contributed by atoms with E-state index in [0.29, 0.717) is 18.1 Å². The molecule has 1 atom stereocenters. The van der Waals surface area contributed by atoms with Crippen molar-refractivity contribution in [3.8, 4) is 0 Å². The van der Waals surface area contributed by atoms with Crippen molar-refractivity contribution in [3.05, 3.63) is 34.9 Å². The van der Waals surface area contributed by atoms with Crippen LogP contribution in [-0.2, 0) is 16.0 Å². The predicted molar refractivity (Wildman–Crippen MR) is 70.7 cm³/mol. The summed E-state index contributed by atoms with van der Waals surface area (Å²) in [5.74, 6) is -0.118. The largest absolute Gasteiger partial charge is 0.394 e. The van der Waals surface area contributed by atoms with Gasteiger partial charge in [-0.05, 0) is 24.1 Å². The van der Waals surface area contributed by atoms with E-state index >= 15 is 0 Å². The molecule has 0 radical (unpaired) electrons. The molecule has 0 aliphatic heterocycles. The van der Waals surface area contributed by atoms with E-state index < -0.39 is 0 Å². The topological polar surface area (TPSA) is 58.6 Å². The summed E-state index contributed by atoms with van der Waals surface area (Å²) in [5, 5.41) is 12.5. The molecule has 1 amide bonds. The lowest BCUT2D eigenvalue weighted by Gasteiger charge is -2.15. The predicted octanol–water partition coefficient (Wildman–Crippen LogP) is 1.40. The van der Waals surface area contributed by atoms with E-state index in [1.54, 1.807) is 19.2 Å². The van der Waals surface area contributed by atoms with Crippen molar-refractivity contribution in [1.82, 2.24) is 5.32 Å². The van der Waals surface area contributed by atoms with E-state index in [1.165, 1.54) is 0 Å². The molecule has 0 saturated carbocycles. The second-order valence-electron chi connectivity index (χ2n) is 4.03. The zero-order chi connectivity index (χ0) is 13.4. The van der Waals surface area contributed by atoms with Crippen LogP contribution in [0.25, 0.3) is 0 Å². The Labute approximate surface area is 112 Å². The van der Waals surface area contributed by atoms with Crippen LogP contribution in [0.3, 0.4) is 0 Å². The van der Waals surface area contributed by atoms with Crippen LogP contribution in [0.4, 0.5) is 0 Å². The van der Waals surface area contributed by atoms with Crippen LogP contribution in [0.5, 0.6) is 0 Å². The number of aliphatic hydroxyl groups excluding tert-OH is 1. The van der Waals surface area contributed by atoms with Gasteiger partial charge in [-0.25, -0.2) is 0 Å². The first-order valence-electron chi connectivity index (χ1n) is 5.79. The van der Waals surface area contributed by atoms with Crippen LogP contribution in [0.1, 0.15) is 12.0 Å². The first-order valence-corrected chi connectivity index (χ1v) is 6.17. The summed E-state index contributed by atoms with van der Waals surface area (Å²) < 4.78 is 4.91. The molecule has 0 fully saturated rings. The number of aliphatic hydroxyl groups is 1. The normalized spacial score (nSPS) is 12.2. The molecule has 5 heteroatoms. The van der Waals surface area contributed by atoms with Gasteiger partial charge in [-0.1, -0.05) is 23.7 Å². The molecule has 0 spiro atoms. The minimum atomic E-state index is -0.259. The maximum atomic E-state index is 11.7. The number of benzene rings is 1. The van der Waals surface area contributed by atoms with Crippen LogP contribution in [-0.4, -0.2) is 37.4 Å². The van der Waals surface area contributed by atoms with Gasteiger partial charge in [0.1, 0.15) is 0 Å². The minimum absolute atomic E-state index is 0.0876. The van der Waals surface area contributed by atoms with E-state index in [2.05, 4.69) is 5.32 Å². The first-order chi connectivity index (χ1) is 8.65. The molecule has 0 aliphatic rings. The third-order valence-electron chi connectivity index (χ3n) is 2.53. The molecule has 1 unspecified atom stereocenters. The highest BCUT2D eigenvalue weighted by Crippen LogP contribution is 2.09. The summed E-state index contributed by atoms with van der Waals surface area (Å²) in [4.78, 5) is 11.7. The van der Waals surface area contributed by atoms with Crippen molar-refractivity contribution in [2.45, 2.75) is 18.9 Å². The summed E-state index contributed by atoms with van der Waals surface area (Å²) in [6, 6.07) is 6.86. The maximum Gasteiger partial charge on any atom is 0.224 e. The second-order valence-corrected chi connectivity index (χ2v) is 4.47. The van der Waals surface area contributed by atoms with Crippen LogP contribution >= 0.6 is 11.6 Å². The van der Waals surface area contributed by atoms with Gasteiger partial charge in [0.25, 0.3) is 0 Å². The van der Waals surface area contributed by atoms with Crippen LogP contribution < -0.4 is 5.32 Å². The Morgan fingerprint density at radius 3 is 2.67 bits per heavy atom. The standard InChI is InChI=1S/C13H18ClNO3/c1-18-7-6-12(9-16)15-13(17)8-10-2-4-11(14)5-3-10/h2-5,12,16H,6-9H2,1H3,(H,15,17). The number of halogens is 1. The number of ether oxygens (including phenoxy) is 1. The molecule has 1 rings (SSSR count). The highest BCUT2D eigenvalue weighted by molar-refractivity contribution is 6.30. The average molecular weight is 272 g/mol. The van der Waals surface area contributed by atoms with Gasteiger partial charge in [0.15, 0.2) is 0 Å². The summed E-state index contributed by atoms with van der Waals surface area (Å²) in [5.41, 5.74) is 0.889. The van der Waals surface area contributed by atoms with Gasteiger partial charge in [0.2, 0.25) is 5.91 Å². The number of nitrogens with one attached hydrogen (secondary N) is 1. The fraction of sp³-hybridized carbons (Fsp3) is 0.462. The third-order valence-corrected chi connectivity index (χ3v) is 2.79. The number of carbonyl (C=O) groups is 1. The van der Waals surface area contributed by atoms with Crippen molar-refractivity contribution < 1.29 is 14.6 Å². The fourth-order valence-corrected chi connectivity index (χ4v) is 1.66. The van der Waals surface area contributed by atoms with Crippen molar-refractivity contribution in [3.63, 3.8) is 0 Å². The molecule has 0 heterocycles. The molecule has 0 aliphatic carbocycles. The van der Waals surface area contributed by atoms with Crippen molar-refractivity contribution in [2.24, 2.45) is 0 Å². The molecule has 1 aromatic rings. The molecule has 4 nitrogen and oxygen atoms in total. The van der Waals surface area contributed by atoms with Gasteiger partial charge in [-0.2, -0.15) is 0 Å². The molecule has 0 bridgehead atoms. The van der Waals surface area contributed by atoms with Gasteiger partial charge in [0.05, 0.1) is 19.1 Å². The molecule has 2 N–H and O–H groups in total. The van der Waals surface area contributed by atoms with Crippen LogP contribution in [0.2, 0.25) is 5.02 Å². The summed E-state index contributed by atoms with van der Waals surface area (Å²) in [7, 11) is 1.59. The monoisotopic (exact) mass is 271 g/mol. The smallest absolute Gasteiger partial charge is 0.224 e. The Hall–Kier alpha value is -1.10. The van der Waals surface area contributed by atoms with Crippen LogP contribution in [0.15, 0.2) is 24.3 Å². The van der Waals surface area contributed by atoms with E-state index in [0.717, 1.165) is 5.56 Å². The Balaban J connectivity index is 2.42. The van der Waals surface area contributed by atoms with Gasteiger partial charge in [-0.15, -0.1) is 0 Å². The fourth-order valence-electron chi connectivity index (χ4n) is 1.54. The number of carbonyl (C=O) groups excluding carboxylic acids is 1. The Morgan fingerprint density at radius 2 is 2.11 bits per heavy atom. The Bertz CT molecular complexity index is 367. The molecule has 1 aromatic carbocycles. The Kier molecular flexibility index (Phi) is 6.72. The molecular formula is C13H18ClNO3. The quantitative estimate of drug-likeness (QED) is 0.788. The molecule has 0 saturated heterocycles. The zero-order valence-electron chi connectivity index (χ0n) is 10.4. The summed E-state index contributed by atoms with van der Waals surface area (Å²) >= 11 is 5.76. The SMILES string of the molecule is COCCC(CO)NC(=O)Cc1ccc(Cl)cc1. The van der Waals surface area contributed by atoms with Gasteiger partial charge >= 0.3 is 0 Å². The number of hydrogen-bond donors (Lipinski definition) is 2. The number of amides is 1. The number of methoxy groups -OCH3 is 1. The van der Waals surface area contributed by atoms with Crippen LogP contribution in [0, 0.1) is 0 Å². The average Bonchev–Trinajstić information content (AvgIpc) is 2.37. The lowest BCUT2D eigenvalue weighted by Crippen LogP contribution is -2.39. The summed E-state index contributed by atoms with van der Waals surface area (Å²) in [6.07, 6.45) is 0.875. The minimum Gasteiger partial charge on any atom is -0.394 e. The van der Waals surface area contributed by atoms with E-state index in [4.69, 9.17) is 21.4 Å². The van der Waals surface area contributed by atoms with E-state index in [-0.39, 0.29) is 25.0 Å². The van der Waals surface area contributed by atoms with Crippen molar-refractivity contribution in [2.75, 3.05) is 20.3 Å². The molecule has 18 heavy (non-hydrogen) atoms. The molecular weight excluding hydrogens is 254 g/mol. The highest BCUT2D eigenvalue weighted by Gasteiger charge is 2.11. The van der Waals surface area contributed by atoms with Crippen molar-refractivity contribution >= 4 is 17.5 Å². The summed E-state index contributed by atoms with van der Waals surface area (Å²) in [6.45, 7) is 0.419. The maximum absolute atomic E-state index is 11.7. The van der Waals surface area contributed by atoms with Gasteiger partial charge in [-0.3, -0.25) is 4.79 Å². The van der Waals surface area contributed by atoms with Crippen molar-refractivity contribution in [1.29, 1.82) is 0 Å². The van der Waals surface area contributed by atoms with E-state index in [9.17, 15) is 4.79 Å². The Morgan fingerprint density at radius 1 is 1.44 bits per heavy atom. The van der Waals surface area contributed by atoms with Gasteiger partial charge < -0.3 is 15.2 Å². The third kappa shape index (κ3) is 5.49. The van der Waals surface area contributed by atoms with Gasteiger partial charge in [0, 0.05) is 18.7 Å². The number of rotatable bonds is 7.